The molecule has 1 fully saturated rings. The Morgan fingerprint density at radius 3 is 2.85 bits per heavy atom. The Morgan fingerprint density at radius 2 is 1.94 bits per heavy atom. The highest BCUT2D eigenvalue weighted by atomic mass is 16.5. The Bertz CT molecular complexity index is 1250. The fraction of sp³-hybridized carbons (Fsp3) is 0.231. The van der Waals surface area contributed by atoms with E-state index in [0.29, 0.717) is 37.6 Å². The van der Waals surface area contributed by atoms with E-state index in [1.807, 2.05) is 23.4 Å². The van der Waals surface area contributed by atoms with Crippen LogP contribution in [-0.4, -0.2) is 52.1 Å². The van der Waals surface area contributed by atoms with Gasteiger partial charge in [-0.1, -0.05) is 24.3 Å². The number of hydrogen-bond acceptors (Lipinski definition) is 6. The second-order valence-electron chi connectivity index (χ2n) is 8.11. The molecule has 1 aliphatic rings. The van der Waals surface area contributed by atoms with Crippen LogP contribution in [0, 0.1) is 5.92 Å². The van der Waals surface area contributed by atoms with Crippen LogP contribution in [0.5, 0.6) is 11.8 Å². The summed E-state index contributed by atoms with van der Waals surface area (Å²) in [7, 11) is 0. The van der Waals surface area contributed by atoms with Crippen molar-refractivity contribution in [2.75, 3.05) is 26.3 Å². The SMILES string of the molecule is O=C(c1cccc(Oc2ncccn2)c1)N1CCOCC(Cc2ccc3cnccc3c2)C1. The minimum atomic E-state index is -0.0329. The van der Waals surface area contributed by atoms with E-state index in [2.05, 4.69) is 33.2 Å². The van der Waals surface area contributed by atoms with Crippen molar-refractivity contribution in [3.05, 3.63) is 90.5 Å². The molecule has 0 aliphatic carbocycles. The first-order valence-corrected chi connectivity index (χ1v) is 11.0. The van der Waals surface area contributed by atoms with Crippen LogP contribution in [0.3, 0.4) is 0 Å². The van der Waals surface area contributed by atoms with Crippen LogP contribution in [0.4, 0.5) is 0 Å². The van der Waals surface area contributed by atoms with Crippen LogP contribution >= 0.6 is 0 Å². The number of pyridine rings is 1. The summed E-state index contributed by atoms with van der Waals surface area (Å²) in [5.41, 5.74) is 1.80. The minimum Gasteiger partial charge on any atom is -0.424 e. The Labute approximate surface area is 192 Å². The van der Waals surface area contributed by atoms with Gasteiger partial charge < -0.3 is 14.4 Å². The van der Waals surface area contributed by atoms with Crippen molar-refractivity contribution in [3.8, 4) is 11.8 Å². The first-order valence-electron chi connectivity index (χ1n) is 11.0. The number of ether oxygens (including phenoxy) is 2. The maximum absolute atomic E-state index is 13.3. The van der Waals surface area contributed by atoms with Crippen LogP contribution in [0.2, 0.25) is 0 Å². The minimum absolute atomic E-state index is 0.0329. The van der Waals surface area contributed by atoms with Gasteiger partial charge in [-0.05, 0) is 47.7 Å². The summed E-state index contributed by atoms with van der Waals surface area (Å²) in [6.07, 6.45) is 7.75. The second-order valence-corrected chi connectivity index (χ2v) is 8.11. The smallest absolute Gasteiger partial charge is 0.321 e. The van der Waals surface area contributed by atoms with Gasteiger partial charge in [-0.3, -0.25) is 9.78 Å². The van der Waals surface area contributed by atoms with Crippen molar-refractivity contribution in [2.24, 2.45) is 5.92 Å². The number of nitrogens with zero attached hydrogens (tertiary/aromatic N) is 4. The Morgan fingerprint density at radius 1 is 1.03 bits per heavy atom. The summed E-state index contributed by atoms with van der Waals surface area (Å²) >= 11 is 0. The van der Waals surface area contributed by atoms with Gasteiger partial charge in [-0.25, -0.2) is 9.97 Å². The lowest BCUT2D eigenvalue weighted by Gasteiger charge is -2.24. The summed E-state index contributed by atoms with van der Waals surface area (Å²) < 4.78 is 11.5. The predicted octanol–water partition coefficient (Wildman–Crippen LogP) is 4.15. The zero-order valence-corrected chi connectivity index (χ0v) is 18.1. The summed E-state index contributed by atoms with van der Waals surface area (Å²) in [4.78, 5) is 27.5. The quantitative estimate of drug-likeness (QED) is 0.464. The van der Waals surface area contributed by atoms with E-state index < -0.39 is 0 Å². The highest BCUT2D eigenvalue weighted by Gasteiger charge is 2.24. The first kappa shape index (κ1) is 21.0. The first-order chi connectivity index (χ1) is 16.2. The molecule has 166 valence electrons. The van der Waals surface area contributed by atoms with Gasteiger partial charge in [0, 0.05) is 54.7 Å². The molecule has 1 amide bonds. The van der Waals surface area contributed by atoms with Gasteiger partial charge in [0.2, 0.25) is 0 Å². The zero-order chi connectivity index (χ0) is 22.5. The molecule has 1 atom stereocenters. The molecule has 33 heavy (non-hydrogen) atoms. The van der Waals surface area contributed by atoms with Crippen molar-refractivity contribution < 1.29 is 14.3 Å². The average Bonchev–Trinajstić information content (AvgIpc) is 3.10. The van der Waals surface area contributed by atoms with Gasteiger partial charge >= 0.3 is 6.01 Å². The van der Waals surface area contributed by atoms with Crippen LogP contribution in [0.15, 0.2) is 79.4 Å². The molecular weight excluding hydrogens is 416 g/mol. The number of amides is 1. The molecule has 7 heteroatoms. The normalized spacial score (nSPS) is 16.4. The fourth-order valence-corrected chi connectivity index (χ4v) is 4.10. The molecule has 4 aromatic rings. The highest BCUT2D eigenvalue weighted by molar-refractivity contribution is 5.94. The van der Waals surface area contributed by atoms with E-state index in [1.54, 1.807) is 42.7 Å². The summed E-state index contributed by atoms with van der Waals surface area (Å²) in [5.74, 6) is 0.711. The van der Waals surface area contributed by atoms with E-state index in [1.165, 1.54) is 10.9 Å². The molecule has 0 spiro atoms. The van der Waals surface area contributed by atoms with Crippen molar-refractivity contribution in [3.63, 3.8) is 0 Å². The molecule has 0 radical (unpaired) electrons. The third-order valence-electron chi connectivity index (χ3n) is 5.69. The fourth-order valence-electron chi connectivity index (χ4n) is 4.10. The van der Waals surface area contributed by atoms with Gasteiger partial charge in [0.05, 0.1) is 13.2 Å². The molecule has 1 aliphatic heterocycles. The lowest BCUT2D eigenvalue weighted by Crippen LogP contribution is -2.36. The molecular formula is C26H24N4O3. The lowest BCUT2D eigenvalue weighted by molar-refractivity contribution is 0.0737. The monoisotopic (exact) mass is 440 g/mol. The Balaban J connectivity index is 1.29. The van der Waals surface area contributed by atoms with Gasteiger partial charge in [0.15, 0.2) is 0 Å². The molecule has 3 heterocycles. The topological polar surface area (TPSA) is 77.4 Å². The van der Waals surface area contributed by atoms with Crippen molar-refractivity contribution >= 4 is 16.7 Å². The number of fused-ring (bicyclic) bond motifs is 1. The molecule has 5 rings (SSSR count). The Hall–Kier alpha value is -3.84. The van der Waals surface area contributed by atoms with Crippen molar-refractivity contribution in [1.82, 2.24) is 19.9 Å². The molecule has 2 aromatic carbocycles. The highest BCUT2D eigenvalue weighted by Crippen LogP contribution is 2.22. The molecule has 1 unspecified atom stereocenters. The number of aromatic nitrogens is 3. The average molecular weight is 441 g/mol. The standard InChI is InChI=1S/C26H24N4O3/c31-25(22-3-1-4-24(15-22)33-26-28-8-2-9-29-26)30-11-12-32-18-20(17-30)13-19-5-6-23-16-27-10-7-21(23)14-19/h1-10,14-16,20H,11-13,17-18H2. The van der Waals surface area contributed by atoms with Crippen LogP contribution in [0.25, 0.3) is 10.8 Å². The van der Waals surface area contributed by atoms with Gasteiger partial charge in [0.25, 0.3) is 5.91 Å². The second kappa shape index (κ2) is 9.75. The molecule has 0 saturated carbocycles. The van der Waals surface area contributed by atoms with E-state index in [9.17, 15) is 4.79 Å². The number of rotatable bonds is 5. The van der Waals surface area contributed by atoms with E-state index in [4.69, 9.17) is 9.47 Å². The number of benzene rings is 2. The van der Waals surface area contributed by atoms with Crippen molar-refractivity contribution in [1.29, 1.82) is 0 Å². The van der Waals surface area contributed by atoms with Crippen LogP contribution < -0.4 is 4.74 Å². The summed E-state index contributed by atoms with van der Waals surface area (Å²) in [6, 6.07) is 17.5. The van der Waals surface area contributed by atoms with Gasteiger partial charge in [-0.2, -0.15) is 0 Å². The lowest BCUT2D eigenvalue weighted by atomic mass is 9.97. The van der Waals surface area contributed by atoms with E-state index >= 15 is 0 Å². The summed E-state index contributed by atoms with van der Waals surface area (Å²) in [6.45, 7) is 2.36. The third kappa shape index (κ3) is 5.15. The molecule has 7 nitrogen and oxygen atoms in total. The largest absolute Gasteiger partial charge is 0.424 e. The third-order valence-corrected chi connectivity index (χ3v) is 5.69. The number of hydrogen-bond donors (Lipinski definition) is 0. The maximum atomic E-state index is 13.3. The zero-order valence-electron chi connectivity index (χ0n) is 18.1. The molecule has 0 N–H and O–H groups in total. The Kier molecular flexibility index (Phi) is 6.21. The van der Waals surface area contributed by atoms with E-state index in [0.717, 1.165) is 11.8 Å². The van der Waals surface area contributed by atoms with Crippen molar-refractivity contribution in [2.45, 2.75) is 6.42 Å². The van der Waals surface area contributed by atoms with Gasteiger partial charge in [-0.15, -0.1) is 0 Å². The maximum Gasteiger partial charge on any atom is 0.321 e. The predicted molar refractivity (Wildman–Crippen MR) is 124 cm³/mol. The molecule has 0 bridgehead atoms. The number of carbonyl (C=O) groups excluding carboxylic acids is 1. The van der Waals surface area contributed by atoms with Crippen LogP contribution in [0.1, 0.15) is 15.9 Å². The van der Waals surface area contributed by atoms with Gasteiger partial charge in [0.1, 0.15) is 5.75 Å². The molecule has 1 saturated heterocycles. The van der Waals surface area contributed by atoms with E-state index in [-0.39, 0.29) is 17.8 Å². The number of carbonyl (C=O) groups is 1. The van der Waals surface area contributed by atoms with Crippen LogP contribution in [-0.2, 0) is 11.2 Å². The molecule has 2 aromatic heterocycles. The summed E-state index contributed by atoms with van der Waals surface area (Å²) in [5, 5.41) is 2.29.